The first kappa shape index (κ1) is 14.0. The summed E-state index contributed by atoms with van der Waals surface area (Å²) in [5, 5.41) is 3.46. The summed E-state index contributed by atoms with van der Waals surface area (Å²) >= 11 is 2.02. The quantitative estimate of drug-likeness (QED) is 0.926. The Kier molecular flexibility index (Phi) is 4.32. The van der Waals surface area contributed by atoms with Crippen molar-refractivity contribution in [1.82, 2.24) is 10.2 Å². The van der Waals surface area contributed by atoms with E-state index in [1.54, 1.807) is 7.05 Å². The van der Waals surface area contributed by atoms with Crippen LogP contribution in [0.15, 0.2) is 29.2 Å². The van der Waals surface area contributed by atoms with E-state index in [9.17, 15) is 4.79 Å². The number of piperidine rings is 1. The first-order valence-corrected chi connectivity index (χ1v) is 8.32. The molecule has 1 atom stereocenters. The maximum absolute atomic E-state index is 11.6. The minimum absolute atomic E-state index is 0.215. The number of amides is 1. The molecule has 1 fully saturated rings. The summed E-state index contributed by atoms with van der Waals surface area (Å²) in [7, 11) is 1.74. The number of thioether (sulfide) groups is 1. The van der Waals surface area contributed by atoms with Gasteiger partial charge in [-0.1, -0.05) is 18.2 Å². The zero-order chi connectivity index (χ0) is 13.9. The minimum Gasteiger partial charge on any atom is -0.359 e. The molecule has 2 aliphatic heterocycles. The van der Waals surface area contributed by atoms with Crippen molar-refractivity contribution in [2.45, 2.75) is 29.4 Å². The average Bonchev–Trinajstić information content (AvgIpc) is 2.89. The van der Waals surface area contributed by atoms with Gasteiger partial charge in [-0.05, 0) is 44.0 Å². The van der Waals surface area contributed by atoms with Gasteiger partial charge in [0.05, 0.1) is 0 Å². The second-order valence-electron chi connectivity index (χ2n) is 5.74. The Balaban J connectivity index is 1.48. The van der Waals surface area contributed by atoms with Crippen LogP contribution in [0.4, 0.5) is 0 Å². The number of carbonyl (C=O) groups is 1. The van der Waals surface area contributed by atoms with E-state index in [2.05, 4.69) is 34.5 Å². The van der Waals surface area contributed by atoms with Crippen LogP contribution in [0.3, 0.4) is 0 Å². The van der Waals surface area contributed by atoms with Crippen LogP contribution < -0.4 is 5.32 Å². The fourth-order valence-corrected chi connectivity index (χ4v) is 4.59. The lowest BCUT2D eigenvalue weighted by Gasteiger charge is -2.32. The van der Waals surface area contributed by atoms with Gasteiger partial charge < -0.3 is 10.2 Å². The largest absolute Gasteiger partial charge is 0.359 e. The molecule has 0 bridgehead atoms. The summed E-state index contributed by atoms with van der Waals surface area (Å²) in [5.41, 5.74) is 1.50. The average molecular weight is 290 g/mol. The van der Waals surface area contributed by atoms with Crippen molar-refractivity contribution in [1.29, 1.82) is 0 Å². The molecule has 1 saturated heterocycles. The second kappa shape index (κ2) is 6.19. The molecule has 4 heteroatoms. The van der Waals surface area contributed by atoms with Crippen molar-refractivity contribution >= 4 is 17.7 Å². The monoisotopic (exact) mass is 290 g/mol. The molecule has 1 aromatic rings. The maximum atomic E-state index is 11.6. The topological polar surface area (TPSA) is 32.3 Å². The van der Waals surface area contributed by atoms with Crippen molar-refractivity contribution in [2.75, 3.05) is 26.7 Å². The molecule has 1 amide bonds. The van der Waals surface area contributed by atoms with E-state index >= 15 is 0 Å². The van der Waals surface area contributed by atoms with Gasteiger partial charge in [-0.2, -0.15) is 0 Å². The number of benzene rings is 1. The van der Waals surface area contributed by atoms with E-state index in [1.165, 1.54) is 16.9 Å². The van der Waals surface area contributed by atoms with Crippen LogP contribution in [-0.4, -0.2) is 42.7 Å². The Hall–Kier alpha value is -1.00. The lowest BCUT2D eigenvalue weighted by Crippen LogP contribution is -2.41. The van der Waals surface area contributed by atoms with Crippen LogP contribution in [0.5, 0.6) is 0 Å². The highest BCUT2D eigenvalue weighted by Gasteiger charge is 2.28. The Morgan fingerprint density at radius 3 is 2.80 bits per heavy atom. The number of hydrogen-bond acceptors (Lipinski definition) is 3. The predicted octanol–water partition coefficient (Wildman–Crippen LogP) is 2.16. The highest BCUT2D eigenvalue weighted by Crippen LogP contribution is 2.37. The van der Waals surface area contributed by atoms with Gasteiger partial charge in [-0.3, -0.25) is 4.79 Å². The number of nitrogens with zero attached hydrogens (tertiary/aromatic N) is 1. The summed E-state index contributed by atoms with van der Waals surface area (Å²) in [4.78, 5) is 15.6. The van der Waals surface area contributed by atoms with Crippen molar-refractivity contribution in [3.05, 3.63) is 29.8 Å². The van der Waals surface area contributed by atoms with Crippen molar-refractivity contribution in [2.24, 2.45) is 5.92 Å². The van der Waals surface area contributed by atoms with Gasteiger partial charge in [0.1, 0.15) is 0 Å². The highest BCUT2D eigenvalue weighted by molar-refractivity contribution is 8.00. The Bertz CT molecular complexity index is 458. The van der Waals surface area contributed by atoms with E-state index in [1.807, 2.05) is 11.8 Å². The van der Waals surface area contributed by atoms with Crippen molar-refractivity contribution < 1.29 is 4.79 Å². The summed E-state index contributed by atoms with van der Waals surface area (Å²) in [6.45, 7) is 3.27. The molecule has 3 nitrogen and oxygen atoms in total. The van der Waals surface area contributed by atoms with Gasteiger partial charge in [0.15, 0.2) is 0 Å². The molecule has 108 valence electrons. The normalized spacial score (nSPS) is 23.6. The van der Waals surface area contributed by atoms with E-state index in [0.29, 0.717) is 5.25 Å². The molecule has 1 N–H and O–H groups in total. The van der Waals surface area contributed by atoms with Crippen LogP contribution in [-0.2, 0) is 11.2 Å². The first-order valence-electron chi connectivity index (χ1n) is 7.45. The molecule has 20 heavy (non-hydrogen) atoms. The number of nitrogens with one attached hydrogen (secondary N) is 1. The summed E-state index contributed by atoms with van der Waals surface area (Å²) in [5.74, 6) is 0.442. The number of hydrogen-bond donors (Lipinski definition) is 1. The third-order valence-corrected chi connectivity index (χ3v) is 5.68. The lowest BCUT2D eigenvalue weighted by atomic mass is 9.95. The molecule has 0 spiro atoms. The van der Waals surface area contributed by atoms with Crippen molar-refractivity contribution in [3.63, 3.8) is 0 Å². The number of fused-ring (bicyclic) bond motifs is 1. The predicted molar refractivity (Wildman–Crippen MR) is 83.0 cm³/mol. The summed E-state index contributed by atoms with van der Waals surface area (Å²) in [6, 6.07) is 8.75. The minimum atomic E-state index is 0.215. The molecule has 2 heterocycles. The van der Waals surface area contributed by atoms with Gasteiger partial charge in [-0.25, -0.2) is 0 Å². The van der Waals surface area contributed by atoms with Crippen molar-refractivity contribution in [3.8, 4) is 0 Å². The second-order valence-corrected chi connectivity index (χ2v) is 7.08. The van der Waals surface area contributed by atoms with Crippen LogP contribution in [0.25, 0.3) is 0 Å². The number of likely N-dealkylation sites (tertiary alicyclic amines) is 1. The Morgan fingerprint density at radius 1 is 1.35 bits per heavy atom. The highest BCUT2D eigenvalue weighted by atomic mass is 32.2. The summed E-state index contributed by atoms with van der Waals surface area (Å²) < 4.78 is 0. The van der Waals surface area contributed by atoms with Crippen LogP contribution >= 0.6 is 11.8 Å². The van der Waals surface area contributed by atoms with Gasteiger partial charge in [-0.15, -0.1) is 11.8 Å². The molecule has 0 aromatic heterocycles. The van der Waals surface area contributed by atoms with Crippen LogP contribution in [0, 0.1) is 5.92 Å². The fraction of sp³-hybridized carbons (Fsp3) is 0.562. The molecular formula is C16H22N2OS. The molecular weight excluding hydrogens is 268 g/mol. The smallest absolute Gasteiger partial charge is 0.222 e. The molecule has 2 aliphatic rings. The standard InChI is InChI=1S/C16H22N2OS/c1-17-16(19)12-6-8-18(9-7-12)11-14-10-13-4-2-3-5-15(13)20-14/h2-5,12,14H,6-11H2,1H3,(H,17,19). The molecule has 0 aliphatic carbocycles. The molecule has 1 unspecified atom stereocenters. The molecule has 1 aromatic carbocycles. The zero-order valence-electron chi connectivity index (χ0n) is 12.0. The maximum Gasteiger partial charge on any atom is 0.222 e. The molecule has 0 saturated carbocycles. The zero-order valence-corrected chi connectivity index (χ0v) is 12.8. The fourth-order valence-electron chi connectivity index (χ4n) is 3.23. The SMILES string of the molecule is CNC(=O)C1CCN(CC2Cc3ccccc3S2)CC1. The third kappa shape index (κ3) is 3.01. The van der Waals surface area contributed by atoms with E-state index in [4.69, 9.17) is 0 Å². The third-order valence-electron chi connectivity index (χ3n) is 4.38. The summed E-state index contributed by atoms with van der Waals surface area (Å²) in [6.07, 6.45) is 3.20. The Labute approximate surface area is 125 Å². The lowest BCUT2D eigenvalue weighted by molar-refractivity contribution is -0.125. The molecule has 3 rings (SSSR count). The van der Waals surface area contributed by atoms with Gasteiger partial charge in [0, 0.05) is 29.7 Å². The van der Waals surface area contributed by atoms with Gasteiger partial charge in [0.2, 0.25) is 5.91 Å². The van der Waals surface area contributed by atoms with E-state index in [0.717, 1.165) is 32.5 Å². The van der Waals surface area contributed by atoms with Gasteiger partial charge in [0.25, 0.3) is 0 Å². The van der Waals surface area contributed by atoms with Crippen LogP contribution in [0.2, 0.25) is 0 Å². The molecule has 0 radical (unpaired) electrons. The number of carbonyl (C=O) groups excluding carboxylic acids is 1. The number of rotatable bonds is 3. The van der Waals surface area contributed by atoms with Crippen LogP contribution in [0.1, 0.15) is 18.4 Å². The first-order chi connectivity index (χ1) is 9.76. The van der Waals surface area contributed by atoms with Gasteiger partial charge >= 0.3 is 0 Å². The Morgan fingerprint density at radius 2 is 2.10 bits per heavy atom. The van der Waals surface area contributed by atoms with E-state index in [-0.39, 0.29) is 11.8 Å². The van der Waals surface area contributed by atoms with E-state index < -0.39 is 0 Å².